The number of piperidine rings is 1. The van der Waals surface area contributed by atoms with E-state index in [1.54, 1.807) is 7.11 Å². The normalized spacial score (nSPS) is 24.9. The topological polar surface area (TPSA) is 44.8 Å². The molecule has 2 saturated heterocycles. The van der Waals surface area contributed by atoms with E-state index in [2.05, 4.69) is 15.1 Å². The van der Waals surface area contributed by atoms with Crippen LogP contribution in [0.5, 0.6) is 0 Å². The molecule has 0 radical (unpaired) electrons. The third kappa shape index (κ3) is 5.20. The SMILES string of the molecule is COCCN1CCCN(C(=O)[C@@H]2CCCCN2)CC1.Cl. The highest BCUT2D eigenvalue weighted by Crippen LogP contribution is 2.12. The first-order chi connectivity index (χ1) is 9.31. The van der Waals surface area contributed by atoms with Crippen LogP contribution in [0.3, 0.4) is 0 Å². The van der Waals surface area contributed by atoms with Gasteiger partial charge in [0.05, 0.1) is 12.6 Å². The maximum Gasteiger partial charge on any atom is 0.239 e. The molecule has 2 rings (SSSR count). The first-order valence-corrected chi connectivity index (χ1v) is 7.54. The summed E-state index contributed by atoms with van der Waals surface area (Å²) in [7, 11) is 1.74. The lowest BCUT2D eigenvalue weighted by Gasteiger charge is -2.29. The molecule has 0 aromatic rings. The molecule has 2 heterocycles. The summed E-state index contributed by atoms with van der Waals surface area (Å²) in [6, 6.07) is 0.0688. The molecule has 20 heavy (non-hydrogen) atoms. The lowest BCUT2D eigenvalue weighted by atomic mass is 10.0. The summed E-state index contributed by atoms with van der Waals surface area (Å²) in [5.41, 5.74) is 0. The second-order valence-electron chi connectivity index (χ2n) is 5.52. The minimum Gasteiger partial charge on any atom is -0.383 e. The lowest BCUT2D eigenvalue weighted by Crippen LogP contribution is -2.49. The molecule has 1 N–H and O–H groups in total. The molecule has 0 aromatic carbocycles. The molecule has 6 heteroatoms. The Bertz CT molecular complexity index is 286. The number of hydrogen-bond donors (Lipinski definition) is 1. The number of nitrogens with one attached hydrogen (secondary N) is 1. The fourth-order valence-corrected chi connectivity index (χ4v) is 2.92. The van der Waals surface area contributed by atoms with Gasteiger partial charge in [-0.3, -0.25) is 9.69 Å². The summed E-state index contributed by atoms with van der Waals surface area (Å²) in [4.78, 5) is 16.9. The van der Waals surface area contributed by atoms with Gasteiger partial charge in [-0.2, -0.15) is 0 Å². The zero-order chi connectivity index (χ0) is 13.5. The number of methoxy groups -OCH3 is 1. The largest absolute Gasteiger partial charge is 0.383 e. The van der Waals surface area contributed by atoms with Crippen LogP contribution in [0, 0.1) is 0 Å². The molecular weight excluding hydrogens is 278 g/mol. The average Bonchev–Trinajstić information content (AvgIpc) is 2.71. The molecule has 2 aliphatic rings. The van der Waals surface area contributed by atoms with E-state index in [1.165, 1.54) is 12.8 Å². The molecule has 0 saturated carbocycles. The van der Waals surface area contributed by atoms with Crippen LogP contribution >= 0.6 is 12.4 Å². The number of carbonyl (C=O) groups excluding carboxylic acids is 1. The van der Waals surface area contributed by atoms with Gasteiger partial charge in [0.15, 0.2) is 0 Å². The van der Waals surface area contributed by atoms with Crippen LogP contribution in [-0.4, -0.2) is 74.7 Å². The van der Waals surface area contributed by atoms with Crippen molar-refractivity contribution in [2.24, 2.45) is 0 Å². The van der Waals surface area contributed by atoms with E-state index in [-0.39, 0.29) is 18.4 Å². The van der Waals surface area contributed by atoms with Crippen molar-refractivity contribution in [3.05, 3.63) is 0 Å². The number of amides is 1. The molecule has 0 spiro atoms. The first kappa shape index (κ1) is 17.7. The highest BCUT2D eigenvalue weighted by molar-refractivity contribution is 5.85. The maximum absolute atomic E-state index is 12.4. The molecular formula is C14H28ClN3O2. The molecule has 2 fully saturated rings. The summed E-state index contributed by atoms with van der Waals surface area (Å²) in [5.74, 6) is 0.313. The quantitative estimate of drug-likeness (QED) is 0.832. The van der Waals surface area contributed by atoms with E-state index in [1.807, 2.05) is 0 Å². The highest BCUT2D eigenvalue weighted by Gasteiger charge is 2.26. The standard InChI is InChI=1S/C14H27N3O2.ClH/c1-19-12-11-16-7-4-8-17(10-9-16)14(18)13-5-2-3-6-15-13;/h13,15H,2-12H2,1H3;1H/t13-;/m0./s1. The second kappa shape index (κ2) is 9.55. The van der Waals surface area contributed by atoms with E-state index in [0.717, 1.165) is 58.7 Å². The zero-order valence-electron chi connectivity index (χ0n) is 12.5. The highest BCUT2D eigenvalue weighted by atomic mass is 35.5. The monoisotopic (exact) mass is 305 g/mol. The Kier molecular flexibility index (Phi) is 8.45. The Morgan fingerprint density at radius 2 is 2.05 bits per heavy atom. The third-order valence-corrected chi connectivity index (χ3v) is 4.12. The van der Waals surface area contributed by atoms with Gasteiger partial charge in [0, 0.05) is 33.3 Å². The number of nitrogens with zero attached hydrogens (tertiary/aromatic N) is 2. The molecule has 5 nitrogen and oxygen atoms in total. The van der Waals surface area contributed by atoms with Gasteiger partial charge in [-0.1, -0.05) is 6.42 Å². The smallest absolute Gasteiger partial charge is 0.239 e. The van der Waals surface area contributed by atoms with Crippen molar-refractivity contribution < 1.29 is 9.53 Å². The van der Waals surface area contributed by atoms with Gasteiger partial charge in [-0.15, -0.1) is 12.4 Å². The van der Waals surface area contributed by atoms with Gasteiger partial charge in [0.1, 0.15) is 0 Å². The Hall–Kier alpha value is -0.360. The number of ether oxygens (including phenoxy) is 1. The summed E-state index contributed by atoms with van der Waals surface area (Å²) in [6.45, 7) is 6.55. The maximum atomic E-state index is 12.4. The Morgan fingerprint density at radius 1 is 1.20 bits per heavy atom. The predicted octanol–water partition coefficient (Wildman–Crippen LogP) is 0.731. The third-order valence-electron chi connectivity index (χ3n) is 4.12. The zero-order valence-corrected chi connectivity index (χ0v) is 13.3. The summed E-state index contributed by atoms with van der Waals surface area (Å²) >= 11 is 0. The number of carbonyl (C=O) groups is 1. The average molecular weight is 306 g/mol. The summed E-state index contributed by atoms with van der Waals surface area (Å²) < 4.78 is 5.12. The molecule has 0 aromatic heterocycles. The molecule has 0 aliphatic carbocycles. The Balaban J connectivity index is 0.00000200. The predicted molar refractivity (Wildman–Crippen MR) is 82.4 cm³/mol. The van der Waals surface area contributed by atoms with E-state index in [9.17, 15) is 4.79 Å². The minimum absolute atomic E-state index is 0. The van der Waals surface area contributed by atoms with Crippen molar-refractivity contribution >= 4 is 18.3 Å². The van der Waals surface area contributed by atoms with Gasteiger partial charge in [-0.05, 0) is 32.4 Å². The van der Waals surface area contributed by atoms with Crippen molar-refractivity contribution in [3.8, 4) is 0 Å². The Morgan fingerprint density at radius 3 is 2.75 bits per heavy atom. The van der Waals surface area contributed by atoms with Crippen LogP contribution in [0.1, 0.15) is 25.7 Å². The molecule has 118 valence electrons. The van der Waals surface area contributed by atoms with Crippen molar-refractivity contribution in [2.45, 2.75) is 31.7 Å². The van der Waals surface area contributed by atoms with E-state index in [4.69, 9.17) is 4.74 Å². The fraction of sp³-hybridized carbons (Fsp3) is 0.929. The molecule has 1 amide bonds. The summed E-state index contributed by atoms with van der Waals surface area (Å²) in [6.07, 6.45) is 4.46. The number of halogens is 1. The Labute approximate surface area is 128 Å². The van der Waals surface area contributed by atoms with E-state index < -0.39 is 0 Å². The van der Waals surface area contributed by atoms with E-state index in [0.29, 0.717) is 5.91 Å². The number of hydrogen-bond acceptors (Lipinski definition) is 4. The van der Waals surface area contributed by atoms with Gasteiger partial charge in [-0.25, -0.2) is 0 Å². The minimum atomic E-state index is 0. The van der Waals surface area contributed by atoms with Crippen molar-refractivity contribution in [1.82, 2.24) is 15.1 Å². The van der Waals surface area contributed by atoms with Crippen LogP contribution in [0.15, 0.2) is 0 Å². The van der Waals surface area contributed by atoms with Crippen LogP contribution in [0.2, 0.25) is 0 Å². The molecule has 0 unspecified atom stereocenters. The fourth-order valence-electron chi connectivity index (χ4n) is 2.92. The molecule has 0 bridgehead atoms. The first-order valence-electron chi connectivity index (χ1n) is 7.54. The van der Waals surface area contributed by atoms with Crippen molar-refractivity contribution in [2.75, 3.05) is 53.0 Å². The second-order valence-corrected chi connectivity index (χ2v) is 5.52. The summed E-state index contributed by atoms with van der Waals surface area (Å²) in [5, 5.41) is 3.36. The van der Waals surface area contributed by atoms with Gasteiger partial charge < -0.3 is 15.0 Å². The van der Waals surface area contributed by atoms with Gasteiger partial charge >= 0.3 is 0 Å². The van der Waals surface area contributed by atoms with Gasteiger partial charge in [0.25, 0.3) is 0 Å². The molecule has 2 aliphatic heterocycles. The van der Waals surface area contributed by atoms with Crippen LogP contribution in [0.4, 0.5) is 0 Å². The lowest BCUT2D eigenvalue weighted by molar-refractivity contribution is -0.133. The van der Waals surface area contributed by atoms with E-state index >= 15 is 0 Å². The molecule has 1 atom stereocenters. The van der Waals surface area contributed by atoms with Crippen LogP contribution in [0.25, 0.3) is 0 Å². The van der Waals surface area contributed by atoms with Crippen molar-refractivity contribution in [3.63, 3.8) is 0 Å². The van der Waals surface area contributed by atoms with Crippen LogP contribution < -0.4 is 5.32 Å². The van der Waals surface area contributed by atoms with Crippen molar-refractivity contribution in [1.29, 1.82) is 0 Å². The number of rotatable bonds is 4. The van der Waals surface area contributed by atoms with Gasteiger partial charge in [0.2, 0.25) is 5.91 Å². The van der Waals surface area contributed by atoms with Crippen LogP contribution in [-0.2, 0) is 9.53 Å².